The number of amides is 1. The lowest BCUT2D eigenvalue weighted by molar-refractivity contribution is -0.386. The van der Waals surface area contributed by atoms with E-state index in [1.54, 1.807) is 13.0 Å². The number of sulfonamides is 1. The summed E-state index contributed by atoms with van der Waals surface area (Å²) in [5, 5.41) is 15.2. The van der Waals surface area contributed by atoms with Crippen molar-refractivity contribution in [3.8, 4) is 11.5 Å². The van der Waals surface area contributed by atoms with Crippen LogP contribution in [-0.4, -0.2) is 77.6 Å². The summed E-state index contributed by atoms with van der Waals surface area (Å²) in [6.07, 6.45) is 0. The van der Waals surface area contributed by atoms with E-state index in [-0.39, 0.29) is 54.9 Å². The number of piperazine rings is 1. The number of aryl methyl sites for hydroxylation is 1. The van der Waals surface area contributed by atoms with Crippen LogP contribution in [0, 0.1) is 24.0 Å². The van der Waals surface area contributed by atoms with Crippen molar-refractivity contribution in [3.05, 3.63) is 39.7 Å². The van der Waals surface area contributed by atoms with Gasteiger partial charge in [-0.3, -0.25) is 19.6 Å². The lowest BCUT2D eigenvalue weighted by Crippen LogP contribution is -2.51. The minimum Gasteiger partial charge on any atom is -0.486 e. The van der Waals surface area contributed by atoms with Crippen molar-refractivity contribution in [2.24, 2.45) is 0 Å². The van der Waals surface area contributed by atoms with Crippen LogP contribution in [0.25, 0.3) is 0 Å². The summed E-state index contributed by atoms with van der Waals surface area (Å²) in [6.45, 7) is 4.40. The van der Waals surface area contributed by atoms with Crippen molar-refractivity contribution in [2.75, 3.05) is 39.4 Å². The summed E-state index contributed by atoms with van der Waals surface area (Å²) < 4.78 is 39.6. The molecule has 2 aliphatic heterocycles. The zero-order valence-electron chi connectivity index (χ0n) is 17.7. The van der Waals surface area contributed by atoms with Gasteiger partial charge in [-0.1, -0.05) is 0 Å². The molecule has 13 heteroatoms. The molecule has 1 amide bonds. The summed E-state index contributed by atoms with van der Waals surface area (Å²) in [7, 11) is -3.75. The Bertz CT molecular complexity index is 1170. The van der Waals surface area contributed by atoms with E-state index in [9.17, 15) is 23.3 Å². The van der Waals surface area contributed by atoms with Crippen molar-refractivity contribution in [1.82, 2.24) is 19.0 Å². The molecule has 1 aromatic carbocycles. The number of nitrogens with zero attached hydrogens (tertiary/aromatic N) is 5. The van der Waals surface area contributed by atoms with Crippen LogP contribution in [0.15, 0.2) is 23.1 Å². The molecule has 172 valence electrons. The Hall–Kier alpha value is -3.19. The van der Waals surface area contributed by atoms with E-state index < -0.39 is 14.9 Å². The third-order valence-corrected chi connectivity index (χ3v) is 7.45. The second kappa shape index (κ2) is 8.39. The van der Waals surface area contributed by atoms with Gasteiger partial charge in [0.2, 0.25) is 15.9 Å². The summed E-state index contributed by atoms with van der Waals surface area (Å²) in [5.74, 6) is 0.627. The lowest BCUT2D eigenvalue weighted by Gasteiger charge is -2.34. The molecule has 0 atom stereocenters. The Balaban J connectivity index is 1.41. The highest BCUT2D eigenvalue weighted by Gasteiger charge is 2.32. The van der Waals surface area contributed by atoms with Gasteiger partial charge in [-0.2, -0.15) is 9.40 Å². The maximum absolute atomic E-state index is 13.0. The summed E-state index contributed by atoms with van der Waals surface area (Å²) in [6, 6.07) is 4.52. The molecular weight excluding hydrogens is 442 g/mol. The predicted octanol–water partition coefficient (Wildman–Crippen LogP) is 0.712. The zero-order valence-corrected chi connectivity index (χ0v) is 18.5. The fraction of sp³-hybridized carbons (Fsp3) is 0.474. The zero-order chi connectivity index (χ0) is 23.0. The van der Waals surface area contributed by atoms with Crippen molar-refractivity contribution < 1.29 is 27.6 Å². The highest BCUT2D eigenvalue weighted by Crippen LogP contribution is 2.33. The lowest BCUT2D eigenvalue weighted by atomic mass is 10.3. The van der Waals surface area contributed by atoms with E-state index in [1.807, 2.05) is 0 Å². The largest absolute Gasteiger partial charge is 0.486 e. The number of carbonyl (C=O) groups is 1. The van der Waals surface area contributed by atoms with Gasteiger partial charge >= 0.3 is 5.69 Å². The first kappa shape index (κ1) is 22.0. The minimum atomic E-state index is -3.75. The highest BCUT2D eigenvalue weighted by molar-refractivity contribution is 7.89. The van der Waals surface area contributed by atoms with Crippen molar-refractivity contribution >= 4 is 21.6 Å². The van der Waals surface area contributed by atoms with Crippen molar-refractivity contribution in [2.45, 2.75) is 25.3 Å². The first-order chi connectivity index (χ1) is 15.2. The summed E-state index contributed by atoms with van der Waals surface area (Å²) in [5.41, 5.74) is 0.449. The van der Waals surface area contributed by atoms with Crippen LogP contribution >= 0.6 is 0 Å². The monoisotopic (exact) mass is 465 g/mol. The van der Waals surface area contributed by atoms with Gasteiger partial charge in [-0.15, -0.1) is 0 Å². The molecule has 3 heterocycles. The maximum atomic E-state index is 13.0. The first-order valence-electron chi connectivity index (χ1n) is 10.0. The van der Waals surface area contributed by atoms with E-state index in [0.29, 0.717) is 30.4 Å². The number of benzene rings is 1. The summed E-state index contributed by atoms with van der Waals surface area (Å²) >= 11 is 0. The van der Waals surface area contributed by atoms with E-state index in [2.05, 4.69) is 5.10 Å². The SMILES string of the molecule is Cc1nn(CC(=O)N2CCN(S(=O)(=O)c3ccc4c(c3)OCCO4)CC2)c(C)c1[N+](=O)[O-]. The third kappa shape index (κ3) is 4.00. The van der Waals surface area contributed by atoms with Crippen LogP contribution < -0.4 is 9.47 Å². The topological polar surface area (TPSA) is 137 Å². The molecule has 2 aromatic rings. The number of fused-ring (bicyclic) bond motifs is 1. The average molecular weight is 465 g/mol. The van der Waals surface area contributed by atoms with Crippen molar-refractivity contribution in [1.29, 1.82) is 0 Å². The molecule has 2 aliphatic rings. The van der Waals surface area contributed by atoms with E-state index in [1.165, 1.54) is 32.9 Å². The molecule has 1 fully saturated rings. The molecule has 0 unspecified atom stereocenters. The molecule has 0 saturated carbocycles. The molecule has 0 N–H and O–H groups in total. The molecule has 0 bridgehead atoms. The van der Waals surface area contributed by atoms with Gasteiger partial charge in [0.05, 0.1) is 9.82 Å². The number of aromatic nitrogens is 2. The standard InChI is InChI=1S/C19H23N5O7S/c1-13-19(24(26)27)14(2)23(20-13)12-18(25)21-5-7-22(8-6-21)32(28,29)15-3-4-16-17(11-15)31-10-9-30-16/h3-4,11H,5-10,12H2,1-2H3. The van der Waals surface area contributed by atoms with Gasteiger partial charge in [0, 0.05) is 32.2 Å². The van der Waals surface area contributed by atoms with Gasteiger partial charge in [0.25, 0.3) is 0 Å². The number of carbonyl (C=O) groups excluding carboxylic acids is 1. The first-order valence-corrected chi connectivity index (χ1v) is 11.5. The number of nitro groups is 1. The Morgan fingerprint density at radius 2 is 1.78 bits per heavy atom. The van der Waals surface area contributed by atoms with Gasteiger partial charge < -0.3 is 14.4 Å². The Morgan fingerprint density at radius 3 is 2.41 bits per heavy atom. The third-order valence-electron chi connectivity index (χ3n) is 5.55. The fourth-order valence-electron chi connectivity index (χ4n) is 3.84. The molecule has 12 nitrogen and oxygen atoms in total. The second-order valence-corrected chi connectivity index (χ2v) is 9.46. The van der Waals surface area contributed by atoms with Crippen LogP contribution in [-0.2, 0) is 21.4 Å². The second-order valence-electron chi connectivity index (χ2n) is 7.52. The Labute approximate surface area is 184 Å². The molecule has 0 aliphatic carbocycles. The molecule has 32 heavy (non-hydrogen) atoms. The highest BCUT2D eigenvalue weighted by atomic mass is 32.2. The normalized spacial score (nSPS) is 16.8. The van der Waals surface area contributed by atoms with Crippen molar-refractivity contribution in [3.63, 3.8) is 0 Å². The molecular formula is C19H23N5O7S. The maximum Gasteiger partial charge on any atom is 0.312 e. The Morgan fingerprint density at radius 1 is 1.12 bits per heavy atom. The molecule has 0 spiro atoms. The fourth-order valence-corrected chi connectivity index (χ4v) is 5.28. The summed E-state index contributed by atoms with van der Waals surface area (Å²) in [4.78, 5) is 25.0. The van der Waals surface area contributed by atoms with E-state index in [0.717, 1.165) is 0 Å². The van der Waals surface area contributed by atoms with Crippen LogP contribution in [0.1, 0.15) is 11.4 Å². The molecule has 1 saturated heterocycles. The van der Waals surface area contributed by atoms with E-state index >= 15 is 0 Å². The quantitative estimate of drug-likeness (QED) is 0.465. The smallest absolute Gasteiger partial charge is 0.312 e. The van der Waals surface area contributed by atoms with Crippen LogP contribution in [0.3, 0.4) is 0 Å². The van der Waals surface area contributed by atoms with Gasteiger partial charge in [-0.05, 0) is 26.0 Å². The van der Waals surface area contributed by atoms with E-state index in [4.69, 9.17) is 9.47 Å². The van der Waals surface area contributed by atoms with Crippen LogP contribution in [0.4, 0.5) is 5.69 Å². The Kier molecular flexibility index (Phi) is 5.77. The minimum absolute atomic E-state index is 0.104. The average Bonchev–Trinajstić information content (AvgIpc) is 3.06. The van der Waals surface area contributed by atoms with Gasteiger partial charge in [0.15, 0.2) is 11.5 Å². The van der Waals surface area contributed by atoms with Gasteiger partial charge in [0.1, 0.15) is 31.1 Å². The molecule has 0 radical (unpaired) electrons. The van der Waals surface area contributed by atoms with Gasteiger partial charge in [-0.25, -0.2) is 8.42 Å². The number of hydrogen-bond acceptors (Lipinski definition) is 8. The number of rotatable bonds is 5. The predicted molar refractivity (Wildman–Crippen MR) is 111 cm³/mol. The van der Waals surface area contributed by atoms with Crippen LogP contribution in [0.2, 0.25) is 0 Å². The molecule has 1 aromatic heterocycles. The number of hydrogen-bond donors (Lipinski definition) is 0. The van der Waals surface area contributed by atoms with Crippen LogP contribution in [0.5, 0.6) is 11.5 Å². The molecule has 4 rings (SSSR count). The number of ether oxygens (including phenoxy) is 2.